The lowest BCUT2D eigenvalue weighted by atomic mass is 10.3. The van der Waals surface area contributed by atoms with Crippen molar-refractivity contribution in [2.75, 3.05) is 17.6 Å². The fraction of sp³-hybridized carbons (Fsp3) is 0.143. The van der Waals surface area contributed by atoms with E-state index < -0.39 is 10.3 Å². The van der Waals surface area contributed by atoms with Gasteiger partial charge in [-0.2, -0.15) is 8.42 Å². The van der Waals surface area contributed by atoms with Crippen molar-refractivity contribution in [1.29, 1.82) is 0 Å². The van der Waals surface area contributed by atoms with E-state index in [9.17, 15) is 8.42 Å². The Morgan fingerprint density at radius 3 is 2.21 bits per heavy atom. The molecule has 1 aromatic carbocycles. The highest BCUT2D eigenvalue weighted by atomic mass is 32.2. The van der Waals surface area contributed by atoms with Gasteiger partial charge in [0.1, 0.15) is 0 Å². The van der Waals surface area contributed by atoms with Crippen LogP contribution >= 0.6 is 0 Å². The number of rotatable bonds is 3. The summed E-state index contributed by atoms with van der Waals surface area (Å²) in [5, 5.41) is 0. The van der Waals surface area contributed by atoms with Crippen molar-refractivity contribution in [2.45, 2.75) is 0 Å². The molecule has 14 heavy (non-hydrogen) atoms. The summed E-state index contributed by atoms with van der Waals surface area (Å²) >= 11 is 0. The van der Waals surface area contributed by atoms with E-state index in [4.69, 9.17) is 5.73 Å². The minimum absolute atomic E-state index is 0. The van der Waals surface area contributed by atoms with Crippen molar-refractivity contribution in [1.82, 2.24) is 0 Å². The standard InChI is InChI=1S/C7H10N2O3S.H2O/c1-12-13(10,11)9-7-4-2-6(8)3-5-7;/h2-5,9H,8H2,1H3;1H2. The number of nitrogen functional groups attached to an aromatic ring is 1. The van der Waals surface area contributed by atoms with Gasteiger partial charge in [0.2, 0.25) is 0 Å². The Kier molecular flexibility index (Phi) is 4.35. The molecule has 0 aromatic heterocycles. The molecule has 0 saturated heterocycles. The zero-order valence-electron chi connectivity index (χ0n) is 7.52. The molecule has 0 aliphatic carbocycles. The first kappa shape index (κ1) is 12.7. The Balaban J connectivity index is 0.00000169. The molecule has 0 unspecified atom stereocenters. The Morgan fingerprint density at radius 2 is 1.79 bits per heavy atom. The van der Waals surface area contributed by atoms with Gasteiger partial charge in [0, 0.05) is 5.69 Å². The summed E-state index contributed by atoms with van der Waals surface area (Å²) in [5.41, 5.74) is 6.40. The molecule has 80 valence electrons. The van der Waals surface area contributed by atoms with Gasteiger partial charge in [0.15, 0.2) is 0 Å². The Bertz CT molecular complexity index is 373. The second-order valence-corrected chi connectivity index (χ2v) is 3.79. The molecule has 6 nitrogen and oxygen atoms in total. The summed E-state index contributed by atoms with van der Waals surface area (Å²) in [6, 6.07) is 6.28. The highest BCUT2D eigenvalue weighted by Gasteiger charge is 2.06. The zero-order chi connectivity index (χ0) is 9.90. The lowest BCUT2D eigenvalue weighted by molar-refractivity contribution is 0.402. The van der Waals surface area contributed by atoms with Crippen LogP contribution in [0.4, 0.5) is 11.4 Å². The van der Waals surface area contributed by atoms with E-state index in [-0.39, 0.29) is 5.48 Å². The summed E-state index contributed by atoms with van der Waals surface area (Å²) in [6.45, 7) is 0. The normalized spacial score (nSPS) is 10.4. The first-order chi connectivity index (χ1) is 6.03. The maximum atomic E-state index is 10.9. The van der Waals surface area contributed by atoms with Crippen LogP contribution in [0.1, 0.15) is 0 Å². The molecule has 0 heterocycles. The summed E-state index contributed by atoms with van der Waals surface area (Å²) in [7, 11) is -2.59. The van der Waals surface area contributed by atoms with E-state index in [1.54, 1.807) is 24.3 Å². The Labute approximate surface area is 82.3 Å². The van der Waals surface area contributed by atoms with E-state index in [0.29, 0.717) is 11.4 Å². The minimum Gasteiger partial charge on any atom is -0.412 e. The zero-order valence-corrected chi connectivity index (χ0v) is 8.34. The van der Waals surface area contributed by atoms with Crippen molar-refractivity contribution in [2.24, 2.45) is 0 Å². The van der Waals surface area contributed by atoms with Crippen LogP contribution < -0.4 is 10.5 Å². The third-order valence-corrected chi connectivity index (χ3v) is 2.30. The van der Waals surface area contributed by atoms with E-state index in [1.165, 1.54) is 0 Å². The quantitative estimate of drug-likeness (QED) is 0.683. The third-order valence-electron chi connectivity index (χ3n) is 1.37. The molecule has 1 aromatic rings. The van der Waals surface area contributed by atoms with Crippen LogP contribution in [0.2, 0.25) is 0 Å². The molecule has 0 atom stereocenters. The van der Waals surface area contributed by atoms with Crippen LogP contribution in [-0.4, -0.2) is 21.0 Å². The number of nitrogens with one attached hydrogen (secondary N) is 1. The predicted molar refractivity (Wildman–Crippen MR) is 54.0 cm³/mol. The molecule has 5 N–H and O–H groups in total. The second kappa shape index (κ2) is 4.80. The molecule has 7 heteroatoms. The summed E-state index contributed by atoms with van der Waals surface area (Å²) < 4.78 is 28.2. The number of benzene rings is 1. The van der Waals surface area contributed by atoms with E-state index >= 15 is 0 Å². The molecule has 0 spiro atoms. The van der Waals surface area contributed by atoms with Crippen molar-refractivity contribution < 1.29 is 18.1 Å². The number of nitrogens with two attached hydrogens (primary N) is 1. The Hall–Kier alpha value is -1.31. The van der Waals surface area contributed by atoms with E-state index in [2.05, 4.69) is 8.91 Å². The molecule has 0 aliphatic heterocycles. The topological polar surface area (TPSA) is 113 Å². The minimum atomic E-state index is -3.68. The van der Waals surface area contributed by atoms with Gasteiger partial charge in [-0.25, -0.2) is 0 Å². The van der Waals surface area contributed by atoms with Gasteiger partial charge in [-0.15, -0.1) is 0 Å². The average molecular weight is 220 g/mol. The predicted octanol–water partition coefficient (Wildman–Crippen LogP) is -0.253. The fourth-order valence-corrected chi connectivity index (χ4v) is 1.25. The molecular formula is C7H12N2O4S. The van der Waals surface area contributed by atoms with Gasteiger partial charge in [-0.3, -0.25) is 8.91 Å². The molecule has 1 rings (SSSR count). The maximum Gasteiger partial charge on any atom is 0.359 e. The van der Waals surface area contributed by atoms with Gasteiger partial charge >= 0.3 is 10.3 Å². The molecule has 0 fully saturated rings. The lowest BCUT2D eigenvalue weighted by Gasteiger charge is -2.04. The van der Waals surface area contributed by atoms with Crippen LogP contribution in [0, 0.1) is 0 Å². The first-order valence-corrected chi connectivity index (χ1v) is 4.88. The van der Waals surface area contributed by atoms with Crippen LogP contribution in [0.5, 0.6) is 0 Å². The van der Waals surface area contributed by atoms with Crippen LogP contribution in [0.25, 0.3) is 0 Å². The fourth-order valence-electron chi connectivity index (χ4n) is 0.737. The van der Waals surface area contributed by atoms with Gasteiger partial charge in [-0.1, -0.05) is 0 Å². The van der Waals surface area contributed by atoms with Gasteiger partial charge in [0.25, 0.3) is 0 Å². The molecule has 0 bridgehead atoms. The van der Waals surface area contributed by atoms with Crippen LogP contribution in [-0.2, 0) is 14.5 Å². The SMILES string of the molecule is COS(=O)(=O)Nc1ccc(N)cc1.O. The van der Waals surface area contributed by atoms with Gasteiger partial charge < -0.3 is 11.2 Å². The van der Waals surface area contributed by atoms with E-state index in [0.717, 1.165) is 7.11 Å². The molecule has 0 aliphatic rings. The van der Waals surface area contributed by atoms with Crippen molar-refractivity contribution in [3.8, 4) is 0 Å². The number of hydrogen-bond acceptors (Lipinski definition) is 4. The smallest absolute Gasteiger partial charge is 0.359 e. The molecule has 0 saturated carbocycles. The second-order valence-electron chi connectivity index (χ2n) is 2.34. The van der Waals surface area contributed by atoms with Crippen LogP contribution in [0.15, 0.2) is 24.3 Å². The summed E-state index contributed by atoms with van der Waals surface area (Å²) in [5.74, 6) is 0. The molecule has 0 amide bonds. The van der Waals surface area contributed by atoms with Crippen molar-refractivity contribution in [3.05, 3.63) is 24.3 Å². The largest absolute Gasteiger partial charge is 0.412 e. The third kappa shape index (κ3) is 3.60. The highest BCUT2D eigenvalue weighted by molar-refractivity contribution is 7.88. The van der Waals surface area contributed by atoms with Crippen LogP contribution in [0.3, 0.4) is 0 Å². The molecule has 0 radical (unpaired) electrons. The summed E-state index contributed by atoms with van der Waals surface area (Å²) in [6.07, 6.45) is 0. The van der Waals surface area contributed by atoms with Crippen molar-refractivity contribution in [3.63, 3.8) is 0 Å². The first-order valence-electron chi connectivity index (χ1n) is 3.47. The summed E-state index contributed by atoms with van der Waals surface area (Å²) in [4.78, 5) is 0. The highest BCUT2D eigenvalue weighted by Crippen LogP contribution is 2.11. The Morgan fingerprint density at radius 1 is 1.29 bits per heavy atom. The maximum absolute atomic E-state index is 10.9. The van der Waals surface area contributed by atoms with Gasteiger partial charge in [0.05, 0.1) is 12.8 Å². The van der Waals surface area contributed by atoms with Crippen molar-refractivity contribution >= 4 is 21.7 Å². The van der Waals surface area contributed by atoms with Gasteiger partial charge in [-0.05, 0) is 24.3 Å². The number of hydrogen-bond donors (Lipinski definition) is 2. The molecular weight excluding hydrogens is 208 g/mol. The van der Waals surface area contributed by atoms with E-state index in [1.807, 2.05) is 0 Å². The number of anilines is 2. The average Bonchev–Trinajstić information content (AvgIpc) is 2.09. The lowest BCUT2D eigenvalue weighted by Crippen LogP contribution is -2.13. The monoisotopic (exact) mass is 220 g/mol.